The molecule has 0 aromatic carbocycles. The summed E-state index contributed by atoms with van der Waals surface area (Å²) in [5.41, 5.74) is 1.97. The molecule has 0 amide bonds. The molecular formula is C11H15ClN4S. The van der Waals surface area contributed by atoms with E-state index in [9.17, 15) is 0 Å². The highest BCUT2D eigenvalue weighted by Crippen LogP contribution is 2.19. The number of aromatic nitrogens is 4. The van der Waals surface area contributed by atoms with E-state index in [1.165, 1.54) is 5.01 Å². The zero-order valence-corrected chi connectivity index (χ0v) is 11.5. The Morgan fingerprint density at radius 1 is 1.41 bits per heavy atom. The largest absolute Gasteiger partial charge is 0.246 e. The molecule has 0 saturated heterocycles. The van der Waals surface area contributed by atoms with E-state index in [4.69, 9.17) is 11.6 Å². The lowest BCUT2D eigenvalue weighted by atomic mass is 10.2. The molecule has 0 aliphatic heterocycles. The summed E-state index contributed by atoms with van der Waals surface area (Å²) in [5, 5.41) is 11.4. The highest BCUT2D eigenvalue weighted by Gasteiger charge is 2.07. The van der Waals surface area contributed by atoms with E-state index < -0.39 is 0 Å². The van der Waals surface area contributed by atoms with Gasteiger partial charge in [-0.15, -0.1) is 28.0 Å². The molecule has 0 aliphatic carbocycles. The molecule has 92 valence electrons. The third kappa shape index (κ3) is 3.26. The maximum absolute atomic E-state index is 5.66. The van der Waals surface area contributed by atoms with E-state index in [2.05, 4.69) is 34.5 Å². The molecular weight excluding hydrogens is 256 g/mol. The molecule has 0 saturated carbocycles. The van der Waals surface area contributed by atoms with Gasteiger partial charge in [-0.2, -0.15) is 0 Å². The van der Waals surface area contributed by atoms with Crippen LogP contribution in [-0.4, -0.2) is 25.9 Å². The number of rotatable bonds is 5. The first kappa shape index (κ1) is 12.5. The van der Waals surface area contributed by atoms with E-state index >= 15 is 0 Å². The second-order valence-corrected chi connectivity index (χ2v) is 5.45. The van der Waals surface area contributed by atoms with Gasteiger partial charge in [-0.1, -0.05) is 19.1 Å². The molecule has 0 atom stereocenters. The minimum atomic E-state index is 0.483. The summed E-state index contributed by atoms with van der Waals surface area (Å²) in [6, 6.07) is 0. The van der Waals surface area contributed by atoms with Crippen LogP contribution in [0.5, 0.6) is 0 Å². The summed E-state index contributed by atoms with van der Waals surface area (Å²) in [6.45, 7) is 4.98. The minimum absolute atomic E-state index is 0.483. The molecule has 0 fully saturated rings. The predicted octanol–water partition coefficient (Wildman–Crippen LogP) is 2.69. The lowest BCUT2D eigenvalue weighted by molar-refractivity contribution is 0.638. The van der Waals surface area contributed by atoms with Crippen molar-refractivity contribution in [2.45, 2.75) is 32.7 Å². The van der Waals surface area contributed by atoms with Gasteiger partial charge in [0, 0.05) is 29.8 Å². The average Bonchev–Trinajstić information content (AvgIpc) is 2.89. The SMILES string of the molecule is CC(C)c1nc(Cn2cc(CCCl)nn2)cs1. The lowest BCUT2D eigenvalue weighted by Gasteiger charge is -1.97. The monoisotopic (exact) mass is 270 g/mol. The molecule has 0 aliphatic rings. The first-order valence-electron chi connectivity index (χ1n) is 5.58. The summed E-state index contributed by atoms with van der Waals surface area (Å²) < 4.78 is 1.81. The number of hydrogen-bond donors (Lipinski definition) is 0. The van der Waals surface area contributed by atoms with Gasteiger partial charge in [0.1, 0.15) is 0 Å². The second-order valence-electron chi connectivity index (χ2n) is 4.18. The summed E-state index contributed by atoms with van der Waals surface area (Å²) in [7, 11) is 0. The van der Waals surface area contributed by atoms with Gasteiger partial charge >= 0.3 is 0 Å². The number of aryl methyl sites for hydroxylation is 1. The van der Waals surface area contributed by atoms with Crippen molar-refractivity contribution in [2.24, 2.45) is 0 Å². The first-order chi connectivity index (χ1) is 8.19. The Labute approximate surface area is 110 Å². The fourth-order valence-corrected chi connectivity index (χ4v) is 2.47. The predicted molar refractivity (Wildman–Crippen MR) is 69.8 cm³/mol. The van der Waals surface area contributed by atoms with Crippen molar-refractivity contribution in [3.63, 3.8) is 0 Å². The van der Waals surface area contributed by atoms with Crippen LogP contribution in [-0.2, 0) is 13.0 Å². The van der Waals surface area contributed by atoms with Crippen LogP contribution >= 0.6 is 22.9 Å². The molecule has 0 spiro atoms. The van der Waals surface area contributed by atoms with Crippen LogP contribution in [0.25, 0.3) is 0 Å². The summed E-state index contributed by atoms with van der Waals surface area (Å²) in [5.74, 6) is 1.06. The van der Waals surface area contributed by atoms with Crippen molar-refractivity contribution in [1.82, 2.24) is 20.0 Å². The fraction of sp³-hybridized carbons (Fsp3) is 0.545. The maximum Gasteiger partial charge on any atom is 0.0954 e. The van der Waals surface area contributed by atoms with Gasteiger partial charge in [-0.25, -0.2) is 9.67 Å². The third-order valence-electron chi connectivity index (χ3n) is 2.32. The molecule has 17 heavy (non-hydrogen) atoms. The van der Waals surface area contributed by atoms with Gasteiger partial charge in [-0.3, -0.25) is 0 Å². The van der Waals surface area contributed by atoms with Gasteiger partial charge in [0.2, 0.25) is 0 Å². The Morgan fingerprint density at radius 3 is 2.88 bits per heavy atom. The van der Waals surface area contributed by atoms with Crippen LogP contribution in [0.15, 0.2) is 11.6 Å². The summed E-state index contributed by atoms with van der Waals surface area (Å²) in [6.07, 6.45) is 2.69. The van der Waals surface area contributed by atoms with Gasteiger partial charge < -0.3 is 0 Å². The molecule has 2 rings (SSSR count). The third-order valence-corrected chi connectivity index (χ3v) is 3.71. The minimum Gasteiger partial charge on any atom is -0.246 e. The van der Waals surface area contributed by atoms with Gasteiger partial charge in [0.25, 0.3) is 0 Å². The van der Waals surface area contributed by atoms with Crippen molar-refractivity contribution in [1.29, 1.82) is 0 Å². The van der Waals surface area contributed by atoms with Crippen LogP contribution in [0.1, 0.15) is 36.2 Å². The standard InChI is InChI=1S/C11H15ClN4S/c1-8(2)11-13-10(7-17-11)6-16-5-9(3-4-12)14-15-16/h5,7-8H,3-4,6H2,1-2H3. The number of thiazole rings is 1. The number of hydrogen-bond acceptors (Lipinski definition) is 4. The van der Waals surface area contributed by atoms with E-state index in [-0.39, 0.29) is 0 Å². The van der Waals surface area contributed by atoms with E-state index in [0.717, 1.165) is 17.8 Å². The smallest absolute Gasteiger partial charge is 0.0954 e. The number of alkyl halides is 1. The molecule has 4 nitrogen and oxygen atoms in total. The Hall–Kier alpha value is -0.940. The molecule has 2 aromatic heterocycles. The van der Waals surface area contributed by atoms with Crippen molar-refractivity contribution in [3.8, 4) is 0 Å². The molecule has 0 N–H and O–H groups in total. The topological polar surface area (TPSA) is 43.6 Å². The average molecular weight is 271 g/mol. The molecule has 2 heterocycles. The summed E-state index contributed by atoms with van der Waals surface area (Å²) in [4.78, 5) is 4.56. The number of nitrogens with zero attached hydrogens (tertiary/aromatic N) is 4. The first-order valence-corrected chi connectivity index (χ1v) is 6.99. The lowest BCUT2D eigenvalue weighted by Crippen LogP contribution is -2.01. The van der Waals surface area contributed by atoms with E-state index in [1.807, 2.05) is 6.20 Å². The maximum atomic E-state index is 5.66. The highest BCUT2D eigenvalue weighted by atomic mass is 35.5. The normalized spacial score (nSPS) is 11.3. The number of halogens is 1. The zero-order chi connectivity index (χ0) is 12.3. The fourth-order valence-electron chi connectivity index (χ4n) is 1.45. The quantitative estimate of drug-likeness (QED) is 0.785. The Kier molecular flexibility index (Phi) is 4.12. The van der Waals surface area contributed by atoms with Gasteiger partial charge in [-0.05, 0) is 0 Å². The van der Waals surface area contributed by atoms with Crippen LogP contribution < -0.4 is 0 Å². The van der Waals surface area contributed by atoms with Gasteiger partial charge in [0.05, 0.1) is 22.9 Å². The van der Waals surface area contributed by atoms with E-state index in [1.54, 1.807) is 16.0 Å². The van der Waals surface area contributed by atoms with Crippen molar-refractivity contribution in [3.05, 3.63) is 28.0 Å². The molecule has 0 unspecified atom stereocenters. The molecule has 6 heteroatoms. The van der Waals surface area contributed by atoms with Crippen LogP contribution in [0.4, 0.5) is 0 Å². The Morgan fingerprint density at radius 2 is 2.24 bits per heavy atom. The Balaban J connectivity index is 2.03. The highest BCUT2D eigenvalue weighted by molar-refractivity contribution is 7.09. The van der Waals surface area contributed by atoms with E-state index in [0.29, 0.717) is 18.3 Å². The van der Waals surface area contributed by atoms with Gasteiger partial charge in [0.15, 0.2) is 0 Å². The van der Waals surface area contributed by atoms with Crippen molar-refractivity contribution >= 4 is 22.9 Å². The molecule has 2 aromatic rings. The molecule has 0 bridgehead atoms. The van der Waals surface area contributed by atoms with Crippen LogP contribution in [0, 0.1) is 0 Å². The zero-order valence-electron chi connectivity index (χ0n) is 9.93. The second kappa shape index (κ2) is 5.60. The summed E-state index contributed by atoms with van der Waals surface area (Å²) >= 11 is 7.36. The van der Waals surface area contributed by atoms with Crippen LogP contribution in [0.3, 0.4) is 0 Å². The van der Waals surface area contributed by atoms with Crippen LogP contribution in [0.2, 0.25) is 0 Å². The van der Waals surface area contributed by atoms with Crippen molar-refractivity contribution < 1.29 is 0 Å². The molecule has 0 radical (unpaired) electrons. The Bertz CT molecular complexity index is 477. The van der Waals surface area contributed by atoms with Crippen molar-refractivity contribution in [2.75, 3.05) is 5.88 Å².